The van der Waals surface area contributed by atoms with E-state index in [2.05, 4.69) is 25.3 Å². The summed E-state index contributed by atoms with van der Waals surface area (Å²) in [6.07, 6.45) is 0. The highest BCUT2D eigenvalue weighted by Crippen LogP contribution is 2.38. The molecule has 0 aliphatic carbocycles. The first-order valence-electron chi connectivity index (χ1n) is 7.50. The number of aromatic nitrogens is 4. The first kappa shape index (κ1) is 17.0. The largest absolute Gasteiger partial charge is 0.279 e. The number of thiophene rings is 1. The van der Waals surface area contributed by atoms with Crippen LogP contribution in [-0.4, -0.2) is 29.0 Å². The van der Waals surface area contributed by atoms with E-state index >= 15 is 0 Å². The Morgan fingerprint density at radius 1 is 1.19 bits per heavy atom. The summed E-state index contributed by atoms with van der Waals surface area (Å²) in [5.74, 6) is 0.385. The van der Waals surface area contributed by atoms with E-state index in [1.807, 2.05) is 12.1 Å². The van der Waals surface area contributed by atoms with Crippen LogP contribution in [0.5, 0.6) is 0 Å². The molecule has 0 aliphatic rings. The Kier molecular flexibility index (Phi) is 4.14. The van der Waals surface area contributed by atoms with Crippen LogP contribution in [-0.2, 0) is 10.0 Å². The Hall–Kier alpha value is -2.49. The number of nitrogens with one attached hydrogen (secondary N) is 2. The lowest BCUT2D eigenvalue weighted by Crippen LogP contribution is -2.12. The number of benzene rings is 2. The molecule has 0 atom stereocenters. The maximum absolute atomic E-state index is 12.9. The van der Waals surface area contributed by atoms with Gasteiger partial charge in [-0.2, -0.15) is 5.21 Å². The number of aromatic amines is 1. The third-order valence-corrected chi connectivity index (χ3v) is 7.60. The van der Waals surface area contributed by atoms with Gasteiger partial charge in [-0.15, -0.1) is 21.5 Å². The van der Waals surface area contributed by atoms with Crippen molar-refractivity contribution in [3.05, 3.63) is 53.1 Å². The van der Waals surface area contributed by atoms with E-state index in [-0.39, 0.29) is 4.21 Å². The molecule has 4 aromatic rings. The maximum atomic E-state index is 12.9. The molecule has 0 saturated heterocycles. The Balaban J connectivity index is 1.74. The summed E-state index contributed by atoms with van der Waals surface area (Å²) in [5.41, 5.74) is 1.74. The molecule has 0 amide bonds. The number of nitrogens with zero attached hydrogens (tertiary/aromatic N) is 3. The number of sulfonamides is 1. The Morgan fingerprint density at radius 2 is 2.00 bits per heavy atom. The van der Waals surface area contributed by atoms with E-state index < -0.39 is 10.0 Å². The molecule has 0 radical (unpaired) electrons. The minimum absolute atomic E-state index is 0.241. The van der Waals surface area contributed by atoms with Crippen molar-refractivity contribution in [3.63, 3.8) is 0 Å². The van der Waals surface area contributed by atoms with E-state index in [0.717, 1.165) is 21.4 Å². The molecule has 26 heavy (non-hydrogen) atoms. The van der Waals surface area contributed by atoms with E-state index in [4.69, 9.17) is 11.6 Å². The standard InChI is InChI=1S/C16H12ClN5O2S2/c1-9-12-6-3-7-13(17)14(12)25-16(9)26(23,24)20-11-5-2-4-10(8-11)15-18-21-22-19-15/h2-8,20H,1H3,(H,18,19,21,22). The monoisotopic (exact) mass is 405 g/mol. The van der Waals surface area contributed by atoms with Crippen LogP contribution in [0.2, 0.25) is 5.02 Å². The molecule has 0 unspecified atom stereocenters. The SMILES string of the molecule is Cc1c(S(=O)(=O)Nc2cccc(-c3nn[nH]n3)c2)sc2c(Cl)cccc12. The second-order valence-corrected chi connectivity index (χ2v) is 8.86. The van der Waals surface area contributed by atoms with E-state index in [1.165, 1.54) is 0 Å². The van der Waals surface area contributed by atoms with Crippen LogP contribution >= 0.6 is 22.9 Å². The summed E-state index contributed by atoms with van der Waals surface area (Å²) in [5, 5.41) is 15.0. The predicted octanol–water partition coefficient (Wildman–Crippen LogP) is 3.84. The Labute approximate surface area is 158 Å². The normalized spacial score (nSPS) is 11.8. The molecule has 2 aromatic heterocycles. The van der Waals surface area contributed by atoms with Crippen LogP contribution in [0.3, 0.4) is 0 Å². The number of anilines is 1. The number of hydrogen-bond acceptors (Lipinski definition) is 6. The van der Waals surface area contributed by atoms with Crippen molar-refractivity contribution in [2.45, 2.75) is 11.1 Å². The molecule has 132 valence electrons. The van der Waals surface area contributed by atoms with Crippen molar-refractivity contribution >= 4 is 48.7 Å². The van der Waals surface area contributed by atoms with Gasteiger partial charge in [0.1, 0.15) is 4.21 Å². The van der Waals surface area contributed by atoms with Crippen molar-refractivity contribution in [3.8, 4) is 11.4 Å². The van der Waals surface area contributed by atoms with Gasteiger partial charge in [-0.3, -0.25) is 4.72 Å². The first-order chi connectivity index (χ1) is 12.5. The molecule has 0 spiro atoms. The van der Waals surface area contributed by atoms with Crippen molar-refractivity contribution in [1.29, 1.82) is 0 Å². The molecule has 0 aliphatic heterocycles. The minimum atomic E-state index is -3.76. The van der Waals surface area contributed by atoms with E-state index in [1.54, 1.807) is 37.3 Å². The third-order valence-electron chi connectivity index (χ3n) is 3.83. The molecule has 4 rings (SSSR count). The predicted molar refractivity (Wildman–Crippen MR) is 102 cm³/mol. The van der Waals surface area contributed by atoms with Crippen molar-refractivity contribution in [2.24, 2.45) is 0 Å². The van der Waals surface area contributed by atoms with Crippen LogP contribution in [0.15, 0.2) is 46.7 Å². The van der Waals surface area contributed by atoms with Crippen molar-refractivity contribution in [2.75, 3.05) is 4.72 Å². The van der Waals surface area contributed by atoms with Gasteiger partial charge < -0.3 is 0 Å². The summed E-state index contributed by atoms with van der Waals surface area (Å²) in [4.78, 5) is 0. The van der Waals surface area contributed by atoms with Gasteiger partial charge in [0.15, 0.2) is 0 Å². The highest BCUT2D eigenvalue weighted by molar-refractivity contribution is 7.94. The fraction of sp³-hybridized carbons (Fsp3) is 0.0625. The number of rotatable bonds is 4. The molecular weight excluding hydrogens is 394 g/mol. The highest BCUT2D eigenvalue weighted by Gasteiger charge is 2.23. The average molecular weight is 406 g/mol. The average Bonchev–Trinajstić information content (AvgIpc) is 3.25. The van der Waals surface area contributed by atoms with Crippen molar-refractivity contribution < 1.29 is 8.42 Å². The summed E-state index contributed by atoms with van der Waals surface area (Å²) in [6.45, 7) is 1.78. The lowest BCUT2D eigenvalue weighted by molar-refractivity contribution is 0.603. The molecule has 10 heteroatoms. The highest BCUT2D eigenvalue weighted by atomic mass is 35.5. The van der Waals surface area contributed by atoms with Gasteiger partial charge in [0.2, 0.25) is 5.82 Å². The van der Waals surface area contributed by atoms with Crippen LogP contribution in [0.25, 0.3) is 21.5 Å². The number of aryl methyl sites for hydroxylation is 1. The third kappa shape index (κ3) is 2.94. The van der Waals surface area contributed by atoms with Gasteiger partial charge in [0.05, 0.1) is 9.72 Å². The van der Waals surface area contributed by atoms with Crippen LogP contribution in [0, 0.1) is 6.92 Å². The van der Waals surface area contributed by atoms with Crippen molar-refractivity contribution in [1.82, 2.24) is 20.6 Å². The zero-order chi connectivity index (χ0) is 18.3. The molecular formula is C16H12ClN5O2S2. The van der Waals surface area contributed by atoms with Gasteiger partial charge in [0, 0.05) is 11.3 Å². The Morgan fingerprint density at radius 3 is 2.73 bits per heavy atom. The summed E-state index contributed by atoms with van der Waals surface area (Å²) < 4.78 is 29.4. The molecule has 0 saturated carbocycles. The zero-order valence-corrected chi connectivity index (χ0v) is 15.8. The zero-order valence-electron chi connectivity index (χ0n) is 13.4. The first-order valence-corrected chi connectivity index (χ1v) is 10.2. The van der Waals surface area contributed by atoms with E-state index in [9.17, 15) is 8.42 Å². The van der Waals surface area contributed by atoms with Gasteiger partial charge in [-0.1, -0.05) is 35.9 Å². The summed E-state index contributed by atoms with van der Waals surface area (Å²) >= 11 is 7.36. The fourth-order valence-corrected chi connectivity index (χ4v) is 5.74. The summed E-state index contributed by atoms with van der Waals surface area (Å²) in [6, 6.07) is 12.2. The number of hydrogen-bond donors (Lipinski definition) is 2. The topological polar surface area (TPSA) is 101 Å². The quantitative estimate of drug-likeness (QED) is 0.537. The lowest BCUT2D eigenvalue weighted by atomic mass is 10.2. The molecule has 7 nitrogen and oxygen atoms in total. The smallest absolute Gasteiger partial charge is 0.271 e. The van der Waals surface area contributed by atoms with Crippen LogP contribution in [0.4, 0.5) is 5.69 Å². The second kappa shape index (κ2) is 6.35. The summed E-state index contributed by atoms with van der Waals surface area (Å²) in [7, 11) is -3.76. The number of fused-ring (bicyclic) bond motifs is 1. The van der Waals surface area contributed by atoms with Crippen LogP contribution in [0.1, 0.15) is 5.56 Å². The van der Waals surface area contributed by atoms with Gasteiger partial charge in [-0.25, -0.2) is 8.42 Å². The molecule has 2 N–H and O–H groups in total. The lowest BCUT2D eigenvalue weighted by Gasteiger charge is -2.08. The Bertz CT molecular complexity index is 1200. The maximum Gasteiger partial charge on any atom is 0.271 e. The number of halogens is 1. The molecule has 0 fully saturated rings. The molecule has 2 heterocycles. The van der Waals surface area contributed by atoms with Gasteiger partial charge in [-0.05, 0) is 41.3 Å². The number of H-pyrrole nitrogens is 1. The number of tetrazole rings is 1. The molecule has 2 aromatic carbocycles. The van der Waals surface area contributed by atoms with Gasteiger partial charge >= 0.3 is 0 Å². The second-order valence-electron chi connectivity index (χ2n) is 5.55. The fourth-order valence-electron chi connectivity index (χ4n) is 2.65. The van der Waals surface area contributed by atoms with Gasteiger partial charge in [0.25, 0.3) is 10.0 Å². The molecule has 0 bridgehead atoms. The minimum Gasteiger partial charge on any atom is -0.279 e. The van der Waals surface area contributed by atoms with Crippen LogP contribution < -0.4 is 4.72 Å². The van der Waals surface area contributed by atoms with E-state index in [0.29, 0.717) is 27.7 Å².